The fourth-order valence-corrected chi connectivity index (χ4v) is 8.40. The lowest BCUT2D eigenvalue weighted by Crippen LogP contribution is -2.39. The molecule has 2 fully saturated rings. The Morgan fingerprint density at radius 3 is 1.61 bits per heavy atom. The number of ether oxygens (including phenoxy) is 2. The lowest BCUT2D eigenvalue weighted by Gasteiger charge is -2.29. The summed E-state index contributed by atoms with van der Waals surface area (Å²) in [5.74, 6) is -0.689. The van der Waals surface area contributed by atoms with Crippen LogP contribution in [-0.2, 0) is 9.47 Å². The Kier molecular flexibility index (Phi) is 14.9. The number of carbonyl (C=O) groups is 2. The van der Waals surface area contributed by atoms with Crippen molar-refractivity contribution >= 4 is 50.4 Å². The zero-order valence-electron chi connectivity index (χ0n) is 32.9. The van der Waals surface area contributed by atoms with Crippen molar-refractivity contribution in [3.63, 3.8) is 0 Å². The van der Waals surface area contributed by atoms with E-state index in [1.807, 2.05) is 39.0 Å². The number of carbonyl (C=O) groups excluding carboxylic acids is 2. The number of anilines is 2. The maximum atomic E-state index is 15.3. The highest BCUT2D eigenvalue weighted by Crippen LogP contribution is 2.49. The van der Waals surface area contributed by atoms with Crippen LogP contribution in [0.3, 0.4) is 0 Å². The Labute approximate surface area is 362 Å². The molecule has 61 heavy (non-hydrogen) atoms. The summed E-state index contributed by atoms with van der Waals surface area (Å²) in [5, 5.41) is 23.9. The number of nitrogens with one attached hydrogen (secondary N) is 2. The van der Waals surface area contributed by atoms with Crippen LogP contribution in [0.5, 0.6) is 0 Å². The van der Waals surface area contributed by atoms with Gasteiger partial charge >= 0.3 is 0 Å². The largest absolute Gasteiger partial charge is 0.393 e. The van der Waals surface area contributed by atoms with Crippen molar-refractivity contribution in [2.24, 2.45) is 11.8 Å². The second-order valence-corrected chi connectivity index (χ2v) is 15.2. The van der Waals surface area contributed by atoms with E-state index in [2.05, 4.69) is 46.7 Å². The number of aromatic nitrogens is 6. The molecule has 2 amide bonds. The van der Waals surface area contributed by atoms with E-state index in [0.717, 1.165) is 0 Å². The third kappa shape index (κ3) is 8.72. The number of hydrogen-bond acceptors (Lipinski definition) is 9. The van der Waals surface area contributed by atoms with E-state index >= 15 is 8.78 Å². The molecule has 13 nitrogen and oxygen atoms in total. The highest BCUT2D eigenvalue weighted by molar-refractivity contribution is 9.11. The van der Waals surface area contributed by atoms with Gasteiger partial charge in [0, 0.05) is 23.0 Å². The van der Waals surface area contributed by atoms with Crippen molar-refractivity contribution in [1.82, 2.24) is 29.2 Å². The molecule has 2 aromatic carbocycles. The third-order valence-corrected chi connectivity index (χ3v) is 12.0. The lowest BCUT2D eigenvalue weighted by molar-refractivity contribution is -0.0936. The molecule has 3 N–H and O–H groups in total. The maximum Gasteiger partial charge on any atom is 0.256 e. The highest BCUT2D eigenvalue weighted by atomic mass is 79.9. The van der Waals surface area contributed by atoms with Crippen molar-refractivity contribution in [3.05, 3.63) is 131 Å². The summed E-state index contributed by atoms with van der Waals surface area (Å²) in [7, 11) is 0. The molecule has 8 rings (SSSR count). The van der Waals surface area contributed by atoms with Crippen molar-refractivity contribution in [2.45, 2.75) is 91.1 Å². The van der Waals surface area contributed by atoms with Gasteiger partial charge in [0.15, 0.2) is 11.6 Å². The van der Waals surface area contributed by atoms with Crippen LogP contribution in [0.15, 0.2) is 109 Å². The van der Waals surface area contributed by atoms with Gasteiger partial charge in [-0.1, -0.05) is 94.9 Å². The standard InChI is InChI=1S/C22H22BrFN4O2.C21H23FN4O3.2CH4/c1-3-22(11-12-23)14(2)18(24)19(30-22)16-9-10-17-20(25-13-26-28(16)17)27-21(29)15-7-5-4-6-8-15;1-3-21(11-27)13(2)17(22)18(29-21)15-9-10-16-19(23-12-24-26(15)16)25-20(28)14-7-5-4-6-8-14;;/h4-14,18-19H,3H2,1-2H3,(H,25,26,27,29);4-10,12-13,17-18,27H,3,11H2,1-2H3,(H,23,24,25,28);2*1H4/b12-11+;;;/t14-,18+,19-,22-;13-,17+,18-,21-;;/m00../s1. The molecule has 2 aliphatic heterocycles. The molecule has 0 spiro atoms. The number of aliphatic hydroxyl groups excluding tert-OH is 1. The molecule has 0 saturated carbocycles. The molecule has 2 saturated heterocycles. The number of halogens is 3. The van der Waals surface area contributed by atoms with Gasteiger partial charge in [0.1, 0.15) is 48.2 Å². The summed E-state index contributed by atoms with van der Waals surface area (Å²) in [4.78, 5) is 35.1. The number of alkyl halides is 2. The normalized spacial score (nSPS) is 25.7. The number of rotatable bonds is 10. The smallest absolute Gasteiger partial charge is 0.256 e. The molecule has 6 aromatic rings. The number of benzene rings is 2. The van der Waals surface area contributed by atoms with Crippen molar-refractivity contribution < 1.29 is 33.0 Å². The van der Waals surface area contributed by atoms with E-state index in [-0.39, 0.29) is 39.2 Å². The van der Waals surface area contributed by atoms with Gasteiger partial charge in [-0.3, -0.25) is 9.59 Å². The zero-order valence-corrected chi connectivity index (χ0v) is 34.5. The predicted molar refractivity (Wildman–Crippen MR) is 235 cm³/mol. The van der Waals surface area contributed by atoms with Gasteiger partial charge in [0.05, 0.1) is 29.2 Å². The minimum Gasteiger partial charge on any atom is -0.393 e. The first-order chi connectivity index (χ1) is 28.5. The Morgan fingerprint density at radius 2 is 1.20 bits per heavy atom. The van der Waals surface area contributed by atoms with Crippen LogP contribution >= 0.6 is 15.9 Å². The van der Waals surface area contributed by atoms with E-state index in [4.69, 9.17) is 9.47 Å². The molecule has 0 unspecified atom stereocenters. The second kappa shape index (κ2) is 19.5. The molecular weight excluding hydrogens is 850 g/mol. The molecule has 0 radical (unpaired) electrons. The van der Waals surface area contributed by atoms with Gasteiger partial charge in [0.2, 0.25) is 0 Å². The van der Waals surface area contributed by atoms with Gasteiger partial charge in [-0.25, -0.2) is 27.8 Å². The topological polar surface area (TPSA) is 157 Å². The third-order valence-electron chi connectivity index (χ3n) is 11.7. The molecule has 6 heterocycles. The Morgan fingerprint density at radius 1 is 0.738 bits per heavy atom. The lowest BCUT2D eigenvalue weighted by atomic mass is 9.85. The van der Waals surface area contributed by atoms with Crippen molar-refractivity contribution in [2.75, 3.05) is 17.2 Å². The fraction of sp³-hybridized carbons (Fsp3) is 0.378. The van der Waals surface area contributed by atoms with Crippen LogP contribution in [-0.4, -0.2) is 76.3 Å². The van der Waals surface area contributed by atoms with Gasteiger partial charge in [-0.2, -0.15) is 10.2 Å². The van der Waals surface area contributed by atoms with E-state index in [1.165, 1.54) is 17.2 Å². The number of hydrogen-bond donors (Lipinski definition) is 3. The van der Waals surface area contributed by atoms with E-state index in [1.54, 1.807) is 89.2 Å². The van der Waals surface area contributed by atoms with Crippen molar-refractivity contribution in [3.8, 4) is 0 Å². The Balaban J connectivity index is 0.000000224. The molecular formula is C45H53BrF2N8O5. The average molecular weight is 904 g/mol. The predicted octanol–water partition coefficient (Wildman–Crippen LogP) is 9.52. The van der Waals surface area contributed by atoms with E-state index in [0.29, 0.717) is 58.0 Å². The first kappa shape index (κ1) is 46.6. The summed E-state index contributed by atoms with van der Waals surface area (Å²) in [5.41, 5.74) is 1.61. The van der Waals surface area contributed by atoms with Gasteiger partial charge in [-0.05, 0) is 72.4 Å². The average Bonchev–Trinajstić information content (AvgIpc) is 4.02. The van der Waals surface area contributed by atoms with Crippen LogP contribution in [0.4, 0.5) is 20.4 Å². The number of amides is 2. The minimum absolute atomic E-state index is 0. The zero-order chi connectivity index (χ0) is 41.9. The minimum atomic E-state index is -1.29. The summed E-state index contributed by atoms with van der Waals surface area (Å²) in [6.07, 6.45) is 1.51. The van der Waals surface area contributed by atoms with Gasteiger partial charge in [0.25, 0.3) is 11.8 Å². The van der Waals surface area contributed by atoms with E-state index in [9.17, 15) is 14.7 Å². The fourth-order valence-electron chi connectivity index (χ4n) is 7.95. The van der Waals surface area contributed by atoms with Crippen LogP contribution in [0, 0.1) is 11.8 Å². The van der Waals surface area contributed by atoms with E-state index < -0.39 is 41.7 Å². The summed E-state index contributed by atoms with van der Waals surface area (Å²) in [6.45, 7) is 7.21. The number of fused-ring (bicyclic) bond motifs is 2. The second-order valence-electron chi connectivity index (χ2n) is 14.7. The molecule has 0 aliphatic carbocycles. The summed E-state index contributed by atoms with van der Waals surface area (Å²) < 4.78 is 45.8. The molecule has 0 bridgehead atoms. The molecule has 16 heteroatoms. The Bertz CT molecular complexity index is 2450. The molecule has 4 aromatic heterocycles. The first-order valence-corrected chi connectivity index (χ1v) is 20.3. The highest BCUT2D eigenvalue weighted by Gasteiger charge is 2.54. The van der Waals surface area contributed by atoms with Crippen molar-refractivity contribution in [1.29, 1.82) is 0 Å². The van der Waals surface area contributed by atoms with Crippen LogP contribution in [0.25, 0.3) is 11.0 Å². The monoisotopic (exact) mass is 902 g/mol. The molecule has 8 atom stereocenters. The summed E-state index contributed by atoms with van der Waals surface area (Å²) >= 11 is 3.29. The Hall–Kier alpha value is -5.42. The number of nitrogens with zero attached hydrogens (tertiary/aromatic N) is 6. The van der Waals surface area contributed by atoms with Crippen LogP contribution in [0.1, 0.15) is 99.7 Å². The number of aliphatic hydroxyl groups is 1. The van der Waals surface area contributed by atoms with Gasteiger partial charge < -0.3 is 25.2 Å². The van der Waals surface area contributed by atoms with Crippen LogP contribution in [0.2, 0.25) is 0 Å². The van der Waals surface area contributed by atoms with Gasteiger partial charge in [-0.15, -0.1) is 0 Å². The molecule has 2 aliphatic rings. The van der Waals surface area contributed by atoms with Crippen LogP contribution < -0.4 is 10.6 Å². The quantitative estimate of drug-likeness (QED) is 0.122. The molecule has 324 valence electrons. The SMILES string of the molecule is C.C.CC[C@@]1(/C=C/Br)O[C@@H](c2ccc3c(NC(=O)c4ccccc4)ncnn23)[C@H](F)[C@@H]1C.CC[C@@]1(CO)O[C@@H](c2ccc3c(NC(=O)c4ccccc4)ncnn23)[C@H](F)[C@@H]1C. The maximum absolute atomic E-state index is 15.3. The summed E-state index contributed by atoms with van der Waals surface area (Å²) in [6, 6.07) is 24.7. The first-order valence-electron chi connectivity index (χ1n) is 19.4.